The fourth-order valence-electron chi connectivity index (χ4n) is 0.859. The Morgan fingerprint density at radius 1 is 1.67 bits per heavy atom. The van der Waals surface area contributed by atoms with Crippen molar-refractivity contribution in [2.24, 2.45) is 0 Å². The van der Waals surface area contributed by atoms with Crippen molar-refractivity contribution >= 4 is 27.6 Å². The van der Waals surface area contributed by atoms with Gasteiger partial charge in [-0.25, -0.2) is 4.79 Å². The number of carboxylic acids is 1. The fraction of sp³-hybridized carbons (Fsp3) is 0.286. The van der Waals surface area contributed by atoms with E-state index in [1.807, 2.05) is 19.0 Å². The SMILES string of the molecule is CN(C)c1cc(C(=O)O)[nH]c1Br. The topological polar surface area (TPSA) is 56.3 Å². The number of hydrogen-bond acceptors (Lipinski definition) is 2. The summed E-state index contributed by atoms with van der Waals surface area (Å²) in [6, 6.07) is 1.58. The molecule has 4 nitrogen and oxygen atoms in total. The molecule has 0 radical (unpaired) electrons. The van der Waals surface area contributed by atoms with Crippen molar-refractivity contribution in [2.75, 3.05) is 19.0 Å². The molecule has 0 bridgehead atoms. The Labute approximate surface area is 78.3 Å². The molecule has 0 saturated heterocycles. The maximum atomic E-state index is 10.5. The smallest absolute Gasteiger partial charge is 0.352 e. The van der Waals surface area contributed by atoms with Crippen molar-refractivity contribution < 1.29 is 9.90 Å². The zero-order valence-electron chi connectivity index (χ0n) is 6.76. The summed E-state index contributed by atoms with van der Waals surface area (Å²) < 4.78 is 0.685. The highest BCUT2D eigenvalue weighted by molar-refractivity contribution is 9.10. The van der Waals surface area contributed by atoms with E-state index in [0.29, 0.717) is 4.60 Å². The van der Waals surface area contributed by atoms with Crippen LogP contribution in [0.3, 0.4) is 0 Å². The lowest BCUT2D eigenvalue weighted by Gasteiger charge is -2.09. The second-order valence-electron chi connectivity index (χ2n) is 2.58. The largest absolute Gasteiger partial charge is 0.477 e. The number of nitrogens with one attached hydrogen (secondary N) is 1. The van der Waals surface area contributed by atoms with E-state index >= 15 is 0 Å². The monoisotopic (exact) mass is 232 g/mol. The van der Waals surface area contributed by atoms with E-state index in [1.165, 1.54) is 0 Å². The van der Waals surface area contributed by atoms with Crippen molar-refractivity contribution in [3.8, 4) is 0 Å². The number of carboxylic acid groups (broad SMARTS) is 1. The predicted octanol–water partition coefficient (Wildman–Crippen LogP) is 1.54. The molecule has 1 aromatic heterocycles. The average Bonchev–Trinajstić information content (AvgIpc) is 2.30. The number of aromatic amines is 1. The van der Waals surface area contributed by atoms with Gasteiger partial charge < -0.3 is 15.0 Å². The molecule has 0 fully saturated rings. The van der Waals surface area contributed by atoms with E-state index in [9.17, 15) is 4.79 Å². The standard InChI is InChI=1S/C7H9BrN2O2/c1-10(2)5-3-4(7(11)12)9-6(5)8/h3,9H,1-2H3,(H,11,12). The molecular formula is C7H9BrN2O2. The third-order valence-electron chi connectivity index (χ3n) is 1.46. The van der Waals surface area contributed by atoms with Gasteiger partial charge in [-0.3, -0.25) is 0 Å². The summed E-state index contributed by atoms with van der Waals surface area (Å²) in [6.45, 7) is 0. The quantitative estimate of drug-likeness (QED) is 0.814. The number of aromatic nitrogens is 1. The van der Waals surface area contributed by atoms with Crippen LogP contribution in [0.25, 0.3) is 0 Å². The van der Waals surface area contributed by atoms with Gasteiger partial charge in [0.2, 0.25) is 0 Å². The molecule has 1 aromatic rings. The second-order valence-corrected chi connectivity index (χ2v) is 3.37. The first-order valence-corrected chi connectivity index (χ1v) is 4.11. The maximum absolute atomic E-state index is 10.5. The highest BCUT2D eigenvalue weighted by Gasteiger charge is 2.11. The highest BCUT2D eigenvalue weighted by Crippen LogP contribution is 2.24. The second kappa shape index (κ2) is 3.18. The molecule has 1 heterocycles. The van der Waals surface area contributed by atoms with Crippen molar-refractivity contribution in [3.05, 3.63) is 16.4 Å². The number of halogens is 1. The first-order valence-electron chi connectivity index (χ1n) is 3.31. The first kappa shape index (κ1) is 9.12. The summed E-state index contributed by atoms with van der Waals surface area (Å²) in [4.78, 5) is 15.0. The Hall–Kier alpha value is -0.970. The number of anilines is 1. The zero-order chi connectivity index (χ0) is 9.30. The van der Waals surface area contributed by atoms with E-state index in [0.717, 1.165) is 5.69 Å². The molecular weight excluding hydrogens is 224 g/mol. The minimum Gasteiger partial charge on any atom is -0.477 e. The minimum absolute atomic E-state index is 0.186. The van der Waals surface area contributed by atoms with Gasteiger partial charge in [-0.15, -0.1) is 0 Å². The predicted molar refractivity (Wildman–Crippen MR) is 49.8 cm³/mol. The average molecular weight is 233 g/mol. The van der Waals surface area contributed by atoms with Gasteiger partial charge >= 0.3 is 5.97 Å². The lowest BCUT2D eigenvalue weighted by molar-refractivity contribution is 0.0691. The lowest BCUT2D eigenvalue weighted by Crippen LogP contribution is -2.07. The number of H-pyrrole nitrogens is 1. The van der Waals surface area contributed by atoms with Crippen LogP contribution in [0.2, 0.25) is 0 Å². The Bertz CT molecular complexity index is 306. The summed E-state index contributed by atoms with van der Waals surface area (Å²) in [5.74, 6) is -0.955. The lowest BCUT2D eigenvalue weighted by atomic mass is 10.4. The van der Waals surface area contributed by atoms with Gasteiger partial charge in [-0.05, 0) is 22.0 Å². The van der Waals surface area contributed by atoms with E-state index in [-0.39, 0.29) is 5.69 Å². The van der Waals surface area contributed by atoms with E-state index in [1.54, 1.807) is 6.07 Å². The molecule has 0 aromatic carbocycles. The van der Waals surface area contributed by atoms with Crippen LogP contribution >= 0.6 is 15.9 Å². The molecule has 0 aliphatic rings. The Morgan fingerprint density at radius 2 is 2.25 bits per heavy atom. The third-order valence-corrected chi connectivity index (χ3v) is 2.07. The maximum Gasteiger partial charge on any atom is 0.352 e. The molecule has 0 unspecified atom stereocenters. The van der Waals surface area contributed by atoms with Crippen molar-refractivity contribution in [1.29, 1.82) is 0 Å². The summed E-state index contributed by atoms with van der Waals surface area (Å²) in [5, 5.41) is 8.63. The third kappa shape index (κ3) is 1.61. The van der Waals surface area contributed by atoms with Crippen LogP contribution in [0.1, 0.15) is 10.5 Å². The molecule has 12 heavy (non-hydrogen) atoms. The van der Waals surface area contributed by atoms with Gasteiger partial charge in [0.05, 0.1) is 5.69 Å². The van der Waals surface area contributed by atoms with Crippen LogP contribution in [-0.4, -0.2) is 30.2 Å². The molecule has 2 N–H and O–H groups in total. The van der Waals surface area contributed by atoms with Crippen LogP contribution in [0, 0.1) is 0 Å². The van der Waals surface area contributed by atoms with Crippen molar-refractivity contribution in [2.45, 2.75) is 0 Å². The normalized spacial score (nSPS) is 9.92. The number of nitrogens with zero attached hydrogens (tertiary/aromatic N) is 1. The molecule has 0 aliphatic carbocycles. The van der Waals surface area contributed by atoms with E-state index in [4.69, 9.17) is 5.11 Å². The molecule has 66 valence electrons. The van der Waals surface area contributed by atoms with Gasteiger partial charge in [0.15, 0.2) is 0 Å². The van der Waals surface area contributed by atoms with Gasteiger partial charge in [0.1, 0.15) is 10.3 Å². The molecule has 0 saturated carbocycles. The minimum atomic E-state index is -0.955. The zero-order valence-corrected chi connectivity index (χ0v) is 8.34. The molecule has 1 rings (SSSR count). The van der Waals surface area contributed by atoms with Gasteiger partial charge in [0, 0.05) is 14.1 Å². The van der Waals surface area contributed by atoms with Crippen LogP contribution in [0.15, 0.2) is 10.7 Å². The number of aromatic carboxylic acids is 1. The van der Waals surface area contributed by atoms with E-state index < -0.39 is 5.97 Å². The van der Waals surface area contributed by atoms with Crippen LogP contribution in [0.4, 0.5) is 5.69 Å². The first-order chi connectivity index (χ1) is 5.52. The highest BCUT2D eigenvalue weighted by atomic mass is 79.9. The van der Waals surface area contributed by atoms with Gasteiger partial charge in [0.25, 0.3) is 0 Å². The van der Waals surface area contributed by atoms with Gasteiger partial charge in [-0.1, -0.05) is 0 Å². The summed E-state index contributed by atoms with van der Waals surface area (Å²) in [5.41, 5.74) is 1.01. The van der Waals surface area contributed by atoms with Gasteiger partial charge in [-0.2, -0.15) is 0 Å². The molecule has 0 atom stereocenters. The van der Waals surface area contributed by atoms with Crippen LogP contribution < -0.4 is 4.90 Å². The molecule has 5 heteroatoms. The molecule has 0 aliphatic heterocycles. The Morgan fingerprint density at radius 3 is 2.50 bits per heavy atom. The Balaban J connectivity index is 3.09. The summed E-state index contributed by atoms with van der Waals surface area (Å²) >= 11 is 3.23. The molecule has 0 amide bonds. The van der Waals surface area contributed by atoms with Crippen LogP contribution in [-0.2, 0) is 0 Å². The van der Waals surface area contributed by atoms with Crippen molar-refractivity contribution in [3.63, 3.8) is 0 Å². The number of carbonyl (C=O) groups is 1. The van der Waals surface area contributed by atoms with Crippen molar-refractivity contribution in [1.82, 2.24) is 4.98 Å². The van der Waals surface area contributed by atoms with Crippen LogP contribution in [0.5, 0.6) is 0 Å². The summed E-state index contributed by atoms with van der Waals surface area (Å²) in [7, 11) is 3.69. The number of rotatable bonds is 2. The molecule has 0 spiro atoms. The van der Waals surface area contributed by atoms with E-state index in [2.05, 4.69) is 20.9 Å². The fourth-order valence-corrected chi connectivity index (χ4v) is 1.54. The summed E-state index contributed by atoms with van der Waals surface area (Å²) in [6.07, 6.45) is 0. The Kier molecular flexibility index (Phi) is 2.42. The number of hydrogen-bond donors (Lipinski definition) is 2.